The van der Waals surface area contributed by atoms with E-state index in [1.54, 1.807) is 15.6 Å². The van der Waals surface area contributed by atoms with Gasteiger partial charge in [-0.25, -0.2) is 4.68 Å². The topological polar surface area (TPSA) is 89.7 Å². The van der Waals surface area contributed by atoms with E-state index in [1.165, 1.54) is 6.33 Å². The minimum absolute atomic E-state index is 0.177. The third kappa shape index (κ3) is 2.79. The summed E-state index contributed by atoms with van der Waals surface area (Å²) in [5.41, 5.74) is 5.01. The molecule has 0 radical (unpaired) electrons. The largest absolute Gasteiger partial charge is 0.328 e. The minimum Gasteiger partial charge on any atom is -0.328 e. The number of nitrogens with zero attached hydrogens (tertiary/aromatic N) is 5. The standard InChI is InChI=1S/C19H21N7O/c1-11-7-5-6-8-15(11)24-18(27)16-12(2)23-19-20-10-22-26(19)17(16)14-9-21-25(4)13(14)3/h5-10,17H,1-4H3,(H,24,27)(H,20,22,23)/t17-/m1/s1. The lowest BCUT2D eigenvalue weighted by atomic mass is 9.95. The molecule has 0 unspecified atom stereocenters. The number of hydrogen-bond acceptors (Lipinski definition) is 5. The zero-order chi connectivity index (χ0) is 19.1. The molecule has 0 aliphatic carbocycles. The van der Waals surface area contributed by atoms with E-state index in [4.69, 9.17) is 0 Å². The van der Waals surface area contributed by atoms with Crippen LogP contribution in [0.5, 0.6) is 0 Å². The van der Waals surface area contributed by atoms with Crippen molar-refractivity contribution in [2.24, 2.45) is 7.05 Å². The fourth-order valence-electron chi connectivity index (χ4n) is 3.36. The number of carbonyl (C=O) groups is 1. The smallest absolute Gasteiger partial charge is 0.255 e. The second kappa shape index (κ2) is 6.39. The highest BCUT2D eigenvalue weighted by molar-refractivity contribution is 6.06. The van der Waals surface area contributed by atoms with E-state index in [-0.39, 0.29) is 5.91 Å². The molecule has 4 rings (SSSR count). The number of amides is 1. The van der Waals surface area contributed by atoms with E-state index in [0.717, 1.165) is 28.2 Å². The van der Waals surface area contributed by atoms with Gasteiger partial charge in [0.2, 0.25) is 5.95 Å². The maximum Gasteiger partial charge on any atom is 0.255 e. The number of para-hydroxylation sites is 1. The van der Waals surface area contributed by atoms with Gasteiger partial charge in [-0.2, -0.15) is 15.2 Å². The normalized spacial score (nSPS) is 16.1. The maximum absolute atomic E-state index is 13.3. The van der Waals surface area contributed by atoms with Crippen molar-refractivity contribution < 1.29 is 4.79 Å². The minimum atomic E-state index is -0.401. The first kappa shape index (κ1) is 17.0. The fourth-order valence-corrected chi connectivity index (χ4v) is 3.36. The average Bonchev–Trinajstić information content (AvgIpc) is 3.23. The molecule has 0 bridgehead atoms. The first-order valence-corrected chi connectivity index (χ1v) is 8.70. The Balaban J connectivity index is 1.80. The van der Waals surface area contributed by atoms with E-state index in [0.29, 0.717) is 11.5 Å². The summed E-state index contributed by atoms with van der Waals surface area (Å²) in [6.07, 6.45) is 3.27. The summed E-state index contributed by atoms with van der Waals surface area (Å²) < 4.78 is 3.52. The van der Waals surface area contributed by atoms with Crippen LogP contribution in [0.4, 0.5) is 11.6 Å². The van der Waals surface area contributed by atoms with Gasteiger partial charge in [0.1, 0.15) is 12.4 Å². The summed E-state index contributed by atoms with van der Waals surface area (Å²) in [5.74, 6) is 0.428. The molecule has 8 heteroatoms. The van der Waals surface area contributed by atoms with Crippen molar-refractivity contribution in [3.8, 4) is 0 Å². The number of aromatic nitrogens is 5. The molecular weight excluding hydrogens is 342 g/mol. The number of nitrogens with one attached hydrogen (secondary N) is 2. The molecule has 0 saturated carbocycles. The predicted molar refractivity (Wildman–Crippen MR) is 102 cm³/mol. The molecule has 1 amide bonds. The van der Waals surface area contributed by atoms with E-state index < -0.39 is 6.04 Å². The second-order valence-electron chi connectivity index (χ2n) is 6.67. The van der Waals surface area contributed by atoms with E-state index in [1.807, 2.05) is 52.1 Å². The highest BCUT2D eigenvalue weighted by atomic mass is 16.1. The van der Waals surface area contributed by atoms with Gasteiger partial charge in [0, 0.05) is 29.7 Å². The van der Waals surface area contributed by atoms with Gasteiger partial charge in [-0.3, -0.25) is 9.48 Å². The van der Waals surface area contributed by atoms with Crippen molar-refractivity contribution in [1.29, 1.82) is 0 Å². The molecule has 2 aromatic heterocycles. The van der Waals surface area contributed by atoms with Crippen LogP contribution in [-0.4, -0.2) is 30.5 Å². The summed E-state index contributed by atoms with van der Waals surface area (Å²) in [5, 5.41) is 14.9. The van der Waals surface area contributed by atoms with E-state index in [9.17, 15) is 4.79 Å². The van der Waals surface area contributed by atoms with Crippen molar-refractivity contribution in [2.45, 2.75) is 26.8 Å². The Hall–Kier alpha value is -3.42. The number of hydrogen-bond donors (Lipinski definition) is 2. The molecule has 8 nitrogen and oxygen atoms in total. The van der Waals surface area contributed by atoms with Crippen LogP contribution in [0.1, 0.15) is 29.8 Å². The van der Waals surface area contributed by atoms with Gasteiger partial charge in [0.05, 0.1) is 11.8 Å². The number of rotatable bonds is 3. The Labute approximate surface area is 156 Å². The Morgan fingerprint density at radius 2 is 1.96 bits per heavy atom. The van der Waals surface area contributed by atoms with Crippen molar-refractivity contribution >= 4 is 17.5 Å². The Morgan fingerprint density at radius 1 is 1.19 bits per heavy atom. The van der Waals surface area contributed by atoms with Crippen LogP contribution < -0.4 is 10.6 Å². The molecule has 1 aliphatic rings. The fraction of sp³-hybridized carbons (Fsp3) is 0.263. The Bertz CT molecular complexity index is 1060. The summed E-state index contributed by atoms with van der Waals surface area (Å²) in [4.78, 5) is 17.5. The highest BCUT2D eigenvalue weighted by Crippen LogP contribution is 2.36. The van der Waals surface area contributed by atoms with Gasteiger partial charge in [0.25, 0.3) is 5.91 Å². The summed E-state index contributed by atoms with van der Waals surface area (Å²) >= 11 is 0. The third-order valence-corrected chi connectivity index (χ3v) is 5.00. The van der Waals surface area contributed by atoms with Crippen LogP contribution in [0.3, 0.4) is 0 Å². The van der Waals surface area contributed by atoms with Crippen molar-refractivity contribution in [1.82, 2.24) is 24.5 Å². The molecule has 1 atom stereocenters. The first-order valence-electron chi connectivity index (χ1n) is 8.70. The van der Waals surface area contributed by atoms with Crippen LogP contribution in [0.2, 0.25) is 0 Å². The molecule has 0 saturated heterocycles. The third-order valence-electron chi connectivity index (χ3n) is 5.00. The molecule has 27 heavy (non-hydrogen) atoms. The molecule has 0 spiro atoms. The molecule has 3 heterocycles. The Kier molecular flexibility index (Phi) is 4.02. The number of aryl methyl sites for hydroxylation is 2. The van der Waals surface area contributed by atoms with E-state index >= 15 is 0 Å². The number of fused-ring (bicyclic) bond motifs is 1. The van der Waals surface area contributed by atoms with Gasteiger partial charge < -0.3 is 10.6 Å². The molecule has 138 valence electrons. The molecule has 0 fully saturated rings. The molecular formula is C19H21N7O. The molecule has 3 aromatic rings. The second-order valence-corrected chi connectivity index (χ2v) is 6.67. The lowest BCUT2D eigenvalue weighted by Crippen LogP contribution is -2.31. The van der Waals surface area contributed by atoms with Gasteiger partial charge in [-0.15, -0.1) is 0 Å². The predicted octanol–water partition coefficient (Wildman–Crippen LogP) is 2.56. The SMILES string of the molecule is CC1=C(C(=O)Nc2ccccc2C)[C@@H](c2cnn(C)c2C)n2ncnc2N1. The van der Waals surface area contributed by atoms with Gasteiger partial charge >= 0.3 is 0 Å². The number of benzene rings is 1. The summed E-state index contributed by atoms with van der Waals surface area (Å²) in [6.45, 7) is 5.82. The summed E-state index contributed by atoms with van der Waals surface area (Å²) in [6, 6.07) is 7.31. The van der Waals surface area contributed by atoms with Crippen molar-refractivity contribution in [3.63, 3.8) is 0 Å². The number of anilines is 2. The number of allylic oxidation sites excluding steroid dienone is 1. The average molecular weight is 363 g/mol. The van der Waals surface area contributed by atoms with Crippen LogP contribution >= 0.6 is 0 Å². The number of carbonyl (C=O) groups excluding carboxylic acids is 1. The van der Waals surface area contributed by atoms with Crippen molar-refractivity contribution in [3.05, 3.63) is 64.9 Å². The molecule has 2 N–H and O–H groups in total. The van der Waals surface area contributed by atoms with Crippen LogP contribution in [0, 0.1) is 13.8 Å². The van der Waals surface area contributed by atoms with E-state index in [2.05, 4.69) is 25.8 Å². The highest BCUT2D eigenvalue weighted by Gasteiger charge is 2.35. The zero-order valence-corrected chi connectivity index (χ0v) is 15.7. The Morgan fingerprint density at radius 3 is 2.67 bits per heavy atom. The van der Waals surface area contributed by atoms with Crippen molar-refractivity contribution in [2.75, 3.05) is 10.6 Å². The summed E-state index contributed by atoms with van der Waals surface area (Å²) in [7, 11) is 1.88. The quantitative estimate of drug-likeness (QED) is 0.746. The lowest BCUT2D eigenvalue weighted by molar-refractivity contribution is -0.113. The lowest BCUT2D eigenvalue weighted by Gasteiger charge is -2.28. The maximum atomic E-state index is 13.3. The van der Waals surface area contributed by atoms with Gasteiger partial charge in [0.15, 0.2) is 0 Å². The monoisotopic (exact) mass is 363 g/mol. The van der Waals surface area contributed by atoms with Gasteiger partial charge in [-0.1, -0.05) is 18.2 Å². The van der Waals surface area contributed by atoms with Crippen LogP contribution in [0.15, 0.2) is 48.1 Å². The molecule has 1 aromatic carbocycles. The van der Waals surface area contributed by atoms with Crippen LogP contribution in [-0.2, 0) is 11.8 Å². The van der Waals surface area contributed by atoms with Crippen LogP contribution in [0.25, 0.3) is 0 Å². The zero-order valence-electron chi connectivity index (χ0n) is 15.7. The van der Waals surface area contributed by atoms with Gasteiger partial charge in [-0.05, 0) is 32.4 Å². The molecule has 1 aliphatic heterocycles. The first-order chi connectivity index (χ1) is 13.0.